The van der Waals surface area contributed by atoms with E-state index in [1.165, 1.54) is 52.8 Å². The van der Waals surface area contributed by atoms with Crippen LogP contribution in [0.5, 0.6) is 0 Å². The number of hydrogen-bond acceptors (Lipinski definition) is 8. The third-order valence-corrected chi connectivity index (χ3v) is 7.92. The van der Waals surface area contributed by atoms with Crippen LogP contribution in [0.2, 0.25) is 0 Å². The van der Waals surface area contributed by atoms with Crippen LogP contribution in [-0.2, 0) is 10.0 Å². The summed E-state index contributed by atoms with van der Waals surface area (Å²) in [4.78, 5) is 36.6. The molecule has 3 aromatic rings. The smallest absolute Gasteiger partial charge is 0.337 e. The van der Waals surface area contributed by atoms with E-state index in [-0.39, 0.29) is 46.1 Å². The van der Waals surface area contributed by atoms with Gasteiger partial charge in [0.05, 0.1) is 32.7 Å². The van der Waals surface area contributed by atoms with Gasteiger partial charge in [0, 0.05) is 49.6 Å². The molecule has 1 saturated heterocycles. The highest BCUT2D eigenvalue weighted by Crippen LogP contribution is 2.24. The molecule has 1 amide bonds. The third kappa shape index (κ3) is 5.46. The Bertz CT molecular complexity index is 1560. The normalized spacial score (nSPS) is 13.9. The second-order valence-electron chi connectivity index (χ2n) is 8.32. The molecule has 0 saturated carbocycles. The summed E-state index contributed by atoms with van der Waals surface area (Å²) in [5.41, 5.74) is 0.537. The summed E-state index contributed by atoms with van der Waals surface area (Å²) in [7, 11) is -3.94. The maximum absolute atomic E-state index is 13.3. The van der Waals surface area contributed by atoms with E-state index in [9.17, 15) is 33.2 Å². The van der Waals surface area contributed by atoms with Gasteiger partial charge in [0.1, 0.15) is 0 Å². The Balaban J connectivity index is 1.47. The number of hydrogen-bond donors (Lipinski definition) is 2. The lowest BCUT2D eigenvalue weighted by Gasteiger charge is -2.35. The molecule has 2 N–H and O–H groups in total. The highest BCUT2D eigenvalue weighted by molar-refractivity contribution is 7.89. The maximum atomic E-state index is 13.3. The number of nitrogens with zero attached hydrogens (tertiary/aromatic N) is 4. The van der Waals surface area contributed by atoms with Gasteiger partial charge < -0.3 is 15.3 Å². The summed E-state index contributed by atoms with van der Waals surface area (Å²) >= 11 is 0. The number of rotatable bonds is 7. The van der Waals surface area contributed by atoms with Crippen molar-refractivity contribution in [2.24, 2.45) is 0 Å². The summed E-state index contributed by atoms with van der Waals surface area (Å²) in [6.07, 6.45) is 0. The first-order chi connectivity index (χ1) is 18.1. The van der Waals surface area contributed by atoms with Crippen molar-refractivity contribution in [3.63, 3.8) is 0 Å². The zero-order valence-corrected chi connectivity index (χ0v) is 20.6. The van der Waals surface area contributed by atoms with E-state index in [4.69, 9.17) is 5.26 Å². The second-order valence-corrected chi connectivity index (χ2v) is 10.3. The van der Waals surface area contributed by atoms with Gasteiger partial charge in [-0.2, -0.15) is 9.57 Å². The van der Waals surface area contributed by atoms with E-state index in [1.54, 1.807) is 12.1 Å². The van der Waals surface area contributed by atoms with Gasteiger partial charge in [0.15, 0.2) is 0 Å². The lowest BCUT2D eigenvalue weighted by Crippen LogP contribution is -2.48. The number of nitro benzene ring substituents is 1. The number of nitrogens with one attached hydrogen (secondary N) is 1. The van der Waals surface area contributed by atoms with Crippen LogP contribution >= 0.6 is 0 Å². The molecule has 0 atom stereocenters. The molecule has 3 aromatic carbocycles. The van der Waals surface area contributed by atoms with E-state index < -0.39 is 26.8 Å². The summed E-state index contributed by atoms with van der Waals surface area (Å²) in [5, 5.41) is 31.7. The molecule has 13 heteroatoms. The number of non-ortho nitro benzene ring substituents is 1. The minimum Gasteiger partial charge on any atom is -0.478 e. The van der Waals surface area contributed by atoms with E-state index in [2.05, 4.69) is 5.32 Å². The average Bonchev–Trinajstić information content (AvgIpc) is 2.93. The zero-order chi connectivity index (χ0) is 27.4. The van der Waals surface area contributed by atoms with Crippen LogP contribution in [0.1, 0.15) is 26.3 Å². The topological polar surface area (TPSA) is 174 Å². The van der Waals surface area contributed by atoms with Gasteiger partial charge in [-0.25, -0.2) is 13.2 Å². The molecule has 1 heterocycles. The molecule has 0 aliphatic carbocycles. The number of sulfonamides is 1. The van der Waals surface area contributed by atoms with Gasteiger partial charge in [0.25, 0.3) is 11.6 Å². The molecule has 0 bridgehead atoms. The van der Waals surface area contributed by atoms with E-state index in [1.807, 2.05) is 11.0 Å². The molecule has 0 spiro atoms. The van der Waals surface area contributed by atoms with Crippen molar-refractivity contribution in [1.82, 2.24) is 4.31 Å². The molecule has 38 heavy (non-hydrogen) atoms. The quantitative estimate of drug-likeness (QED) is 0.340. The highest BCUT2D eigenvalue weighted by Gasteiger charge is 2.29. The predicted octanol–water partition coefficient (Wildman–Crippen LogP) is 2.93. The number of piperazine rings is 1. The molecule has 0 radical (unpaired) electrons. The van der Waals surface area contributed by atoms with Crippen molar-refractivity contribution in [3.05, 3.63) is 93.5 Å². The lowest BCUT2D eigenvalue weighted by molar-refractivity contribution is -0.384. The molecule has 0 unspecified atom stereocenters. The highest BCUT2D eigenvalue weighted by atomic mass is 32.2. The van der Waals surface area contributed by atoms with Gasteiger partial charge in [0.2, 0.25) is 10.0 Å². The van der Waals surface area contributed by atoms with E-state index in [0.29, 0.717) is 13.1 Å². The van der Waals surface area contributed by atoms with Crippen molar-refractivity contribution in [3.8, 4) is 6.07 Å². The Hall–Kier alpha value is -4.80. The number of anilines is 2. The van der Waals surface area contributed by atoms with E-state index in [0.717, 1.165) is 11.8 Å². The largest absolute Gasteiger partial charge is 0.478 e. The lowest BCUT2D eigenvalue weighted by atomic mass is 10.1. The number of carbonyl (C=O) groups is 2. The number of carboxylic acids is 1. The fraction of sp³-hybridized carbons (Fsp3) is 0.160. The first-order valence-corrected chi connectivity index (χ1v) is 12.7. The third-order valence-electron chi connectivity index (χ3n) is 6.03. The van der Waals surface area contributed by atoms with Crippen LogP contribution in [0.4, 0.5) is 17.1 Å². The fourth-order valence-corrected chi connectivity index (χ4v) is 5.48. The van der Waals surface area contributed by atoms with Crippen molar-refractivity contribution in [1.29, 1.82) is 5.26 Å². The Morgan fingerprint density at radius 3 is 2.29 bits per heavy atom. The molecule has 194 valence electrons. The Kier molecular flexibility index (Phi) is 7.38. The van der Waals surface area contributed by atoms with Crippen LogP contribution in [0.25, 0.3) is 0 Å². The van der Waals surface area contributed by atoms with Gasteiger partial charge >= 0.3 is 5.97 Å². The fourth-order valence-electron chi connectivity index (χ4n) is 4.01. The van der Waals surface area contributed by atoms with Crippen LogP contribution < -0.4 is 10.2 Å². The number of amides is 1. The first-order valence-electron chi connectivity index (χ1n) is 11.3. The standard InChI is InChI=1S/C25H21N5O7S/c26-16-17-4-9-23(22(14-17)25(32)33)27-24(31)18-2-1-3-21(15-18)38(36,37)29-12-10-28(11-13-29)19-5-7-20(8-6-19)30(34)35/h1-9,14-15H,10-13H2,(H,27,31)(H,32,33). The minimum absolute atomic E-state index is 0.0105. The molecule has 1 aliphatic rings. The SMILES string of the molecule is N#Cc1ccc(NC(=O)c2cccc(S(=O)(=O)N3CCN(c4ccc([N+](=O)[O-])cc4)CC3)c2)c(C(=O)O)c1. The van der Waals surface area contributed by atoms with E-state index >= 15 is 0 Å². The zero-order valence-electron chi connectivity index (χ0n) is 19.8. The molecule has 12 nitrogen and oxygen atoms in total. The monoisotopic (exact) mass is 535 g/mol. The molecule has 1 fully saturated rings. The minimum atomic E-state index is -3.94. The second kappa shape index (κ2) is 10.7. The van der Waals surface area contributed by atoms with Crippen molar-refractivity contribution in [2.75, 3.05) is 36.4 Å². The van der Waals surface area contributed by atoms with Gasteiger partial charge in [-0.15, -0.1) is 0 Å². The van der Waals surface area contributed by atoms with Crippen molar-refractivity contribution in [2.45, 2.75) is 4.90 Å². The number of carboxylic acid groups (broad SMARTS) is 1. The number of nitro groups is 1. The molecular weight excluding hydrogens is 514 g/mol. The Morgan fingerprint density at radius 1 is 1.00 bits per heavy atom. The van der Waals surface area contributed by atoms with Gasteiger partial charge in [-0.05, 0) is 48.5 Å². The Labute approximate surface area is 217 Å². The predicted molar refractivity (Wildman–Crippen MR) is 137 cm³/mol. The van der Waals surface area contributed by atoms with Crippen LogP contribution in [0.3, 0.4) is 0 Å². The summed E-state index contributed by atoms with van der Waals surface area (Å²) in [5.74, 6) is -2.04. The van der Waals surface area contributed by atoms with Crippen LogP contribution in [-0.4, -0.2) is 60.8 Å². The first kappa shape index (κ1) is 26.3. The average molecular weight is 536 g/mol. The Morgan fingerprint density at radius 2 is 1.68 bits per heavy atom. The molecule has 0 aromatic heterocycles. The number of carbonyl (C=O) groups excluding carboxylic acids is 1. The molecular formula is C25H21N5O7S. The van der Waals surface area contributed by atoms with Crippen molar-refractivity contribution < 1.29 is 28.0 Å². The summed E-state index contributed by atoms with van der Waals surface area (Å²) < 4.78 is 27.9. The van der Waals surface area contributed by atoms with Crippen molar-refractivity contribution >= 4 is 39.0 Å². The summed E-state index contributed by atoms with van der Waals surface area (Å²) in [6.45, 7) is 1.08. The number of nitriles is 1. The van der Waals surface area contributed by atoms with Crippen LogP contribution in [0, 0.1) is 21.4 Å². The molecule has 1 aliphatic heterocycles. The summed E-state index contributed by atoms with van der Waals surface area (Å²) in [6, 6.07) is 17.1. The molecule has 4 rings (SSSR count). The maximum Gasteiger partial charge on any atom is 0.337 e. The number of benzene rings is 3. The number of aromatic carboxylic acids is 1. The van der Waals surface area contributed by atoms with Gasteiger partial charge in [-0.3, -0.25) is 14.9 Å². The van der Waals surface area contributed by atoms with Gasteiger partial charge in [-0.1, -0.05) is 6.07 Å². The van der Waals surface area contributed by atoms with Crippen LogP contribution in [0.15, 0.2) is 71.6 Å².